The Morgan fingerprint density at radius 3 is 2.84 bits per heavy atom. The lowest BCUT2D eigenvalue weighted by Crippen LogP contribution is -2.37. The van der Waals surface area contributed by atoms with Crippen LogP contribution in [0.5, 0.6) is 0 Å². The van der Waals surface area contributed by atoms with Crippen molar-refractivity contribution in [2.24, 2.45) is 0 Å². The molecule has 1 atom stereocenters. The van der Waals surface area contributed by atoms with E-state index in [4.69, 9.17) is 4.74 Å². The summed E-state index contributed by atoms with van der Waals surface area (Å²) in [6.45, 7) is 8.25. The minimum Gasteiger partial charge on any atom is -0.378 e. The second-order valence-corrected chi connectivity index (χ2v) is 5.70. The third-order valence-corrected chi connectivity index (χ3v) is 4.27. The molecule has 3 nitrogen and oxygen atoms in total. The molecule has 104 valence electrons. The maximum absolute atomic E-state index is 5.48. The topological polar surface area (TPSA) is 24.5 Å². The first-order valence-electron chi connectivity index (χ1n) is 7.48. The second-order valence-electron chi connectivity index (χ2n) is 5.70. The zero-order valence-electron chi connectivity index (χ0n) is 11.8. The van der Waals surface area contributed by atoms with Crippen LogP contribution in [0.2, 0.25) is 0 Å². The number of benzene rings is 1. The number of hydrogen-bond donors (Lipinski definition) is 1. The van der Waals surface area contributed by atoms with Crippen LogP contribution in [0.15, 0.2) is 18.2 Å². The van der Waals surface area contributed by atoms with E-state index in [2.05, 4.69) is 35.3 Å². The van der Waals surface area contributed by atoms with Crippen LogP contribution in [0.25, 0.3) is 0 Å². The summed E-state index contributed by atoms with van der Waals surface area (Å²) < 4.78 is 5.48. The fraction of sp³-hybridized carbons (Fsp3) is 0.625. The van der Waals surface area contributed by atoms with Crippen LogP contribution in [0, 0.1) is 6.92 Å². The first-order chi connectivity index (χ1) is 9.34. The number of morpholine rings is 1. The molecule has 0 aliphatic carbocycles. The summed E-state index contributed by atoms with van der Waals surface area (Å²) in [4.78, 5) is 2.50. The second kappa shape index (κ2) is 5.93. The number of anilines is 1. The molecule has 2 saturated heterocycles. The van der Waals surface area contributed by atoms with E-state index in [-0.39, 0.29) is 0 Å². The molecule has 1 aromatic carbocycles. The van der Waals surface area contributed by atoms with E-state index in [1.807, 2.05) is 0 Å². The van der Waals surface area contributed by atoms with Gasteiger partial charge in [0.25, 0.3) is 0 Å². The highest BCUT2D eigenvalue weighted by Crippen LogP contribution is 2.33. The summed E-state index contributed by atoms with van der Waals surface area (Å²) in [5, 5.41) is 3.53. The molecule has 0 radical (unpaired) electrons. The van der Waals surface area contributed by atoms with Crippen molar-refractivity contribution in [3.8, 4) is 0 Å². The molecule has 1 unspecified atom stereocenters. The van der Waals surface area contributed by atoms with E-state index in [0.29, 0.717) is 5.92 Å². The molecule has 0 bridgehead atoms. The van der Waals surface area contributed by atoms with Crippen molar-refractivity contribution in [3.05, 3.63) is 29.3 Å². The van der Waals surface area contributed by atoms with Gasteiger partial charge in [0, 0.05) is 25.3 Å². The lowest BCUT2D eigenvalue weighted by Gasteiger charge is -2.34. The zero-order valence-corrected chi connectivity index (χ0v) is 11.8. The monoisotopic (exact) mass is 260 g/mol. The Hall–Kier alpha value is -1.06. The minimum atomic E-state index is 0.673. The molecule has 19 heavy (non-hydrogen) atoms. The molecule has 0 aromatic heterocycles. The van der Waals surface area contributed by atoms with E-state index >= 15 is 0 Å². The summed E-state index contributed by atoms with van der Waals surface area (Å²) in [6.07, 6.45) is 2.61. The predicted molar refractivity (Wildman–Crippen MR) is 79.1 cm³/mol. The number of rotatable bonds is 2. The van der Waals surface area contributed by atoms with Crippen molar-refractivity contribution in [3.63, 3.8) is 0 Å². The van der Waals surface area contributed by atoms with Crippen molar-refractivity contribution < 1.29 is 4.74 Å². The Morgan fingerprint density at radius 2 is 2.11 bits per heavy atom. The smallest absolute Gasteiger partial charge is 0.0642 e. The molecule has 0 amide bonds. The summed E-state index contributed by atoms with van der Waals surface area (Å²) in [7, 11) is 0. The summed E-state index contributed by atoms with van der Waals surface area (Å²) in [5.74, 6) is 0.673. The van der Waals surface area contributed by atoms with Gasteiger partial charge in [0.2, 0.25) is 0 Å². The summed E-state index contributed by atoms with van der Waals surface area (Å²) >= 11 is 0. The standard InChI is InChI=1S/C16H24N2O/c1-13-4-5-15(14-3-2-6-17-12-14)16(11-13)18-7-9-19-10-8-18/h4-5,11,14,17H,2-3,6-10,12H2,1H3. The molecule has 1 aromatic rings. The fourth-order valence-electron chi connectivity index (χ4n) is 3.19. The van der Waals surface area contributed by atoms with Crippen molar-refractivity contribution >= 4 is 5.69 Å². The molecular formula is C16H24N2O. The molecule has 3 rings (SSSR count). The number of piperidine rings is 1. The normalized spacial score (nSPS) is 24.5. The highest BCUT2D eigenvalue weighted by molar-refractivity contribution is 5.57. The van der Waals surface area contributed by atoms with Gasteiger partial charge >= 0.3 is 0 Å². The van der Waals surface area contributed by atoms with Gasteiger partial charge in [0.05, 0.1) is 13.2 Å². The highest BCUT2D eigenvalue weighted by atomic mass is 16.5. The number of nitrogens with zero attached hydrogens (tertiary/aromatic N) is 1. The maximum Gasteiger partial charge on any atom is 0.0642 e. The molecule has 0 saturated carbocycles. The zero-order chi connectivity index (χ0) is 13.1. The van der Waals surface area contributed by atoms with E-state index in [1.165, 1.54) is 36.2 Å². The average molecular weight is 260 g/mol. The molecule has 3 heteroatoms. The van der Waals surface area contributed by atoms with Crippen LogP contribution >= 0.6 is 0 Å². The third kappa shape index (κ3) is 2.93. The molecule has 2 aliphatic heterocycles. The minimum absolute atomic E-state index is 0.673. The molecular weight excluding hydrogens is 236 g/mol. The van der Waals surface area contributed by atoms with E-state index in [0.717, 1.165) is 32.8 Å². The predicted octanol–water partition coefficient (Wildman–Crippen LogP) is 2.30. The van der Waals surface area contributed by atoms with Crippen LogP contribution in [0.4, 0.5) is 5.69 Å². The Bertz CT molecular complexity index is 421. The fourth-order valence-corrected chi connectivity index (χ4v) is 3.19. The highest BCUT2D eigenvalue weighted by Gasteiger charge is 2.22. The molecule has 1 N–H and O–H groups in total. The van der Waals surface area contributed by atoms with E-state index in [1.54, 1.807) is 0 Å². The number of hydrogen-bond acceptors (Lipinski definition) is 3. The number of aryl methyl sites for hydroxylation is 1. The molecule has 2 aliphatic rings. The first-order valence-corrected chi connectivity index (χ1v) is 7.48. The Morgan fingerprint density at radius 1 is 1.26 bits per heavy atom. The average Bonchev–Trinajstić information content (AvgIpc) is 2.49. The van der Waals surface area contributed by atoms with Gasteiger partial charge < -0.3 is 15.0 Å². The van der Waals surface area contributed by atoms with Crippen molar-refractivity contribution in [1.29, 1.82) is 0 Å². The number of nitrogens with one attached hydrogen (secondary N) is 1. The van der Waals surface area contributed by atoms with Gasteiger partial charge in [-0.3, -0.25) is 0 Å². The van der Waals surface area contributed by atoms with Crippen molar-refractivity contribution in [2.75, 3.05) is 44.3 Å². The Kier molecular flexibility index (Phi) is 4.04. The van der Waals surface area contributed by atoms with E-state index < -0.39 is 0 Å². The van der Waals surface area contributed by atoms with Gasteiger partial charge in [-0.25, -0.2) is 0 Å². The summed E-state index contributed by atoms with van der Waals surface area (Å²) in [6, 6.07) is 6.96. The first kappa shape index (κ1) is 12.9. The van der Waals surface area contributed by atoms with Gasteiger partial charge in [-0.2, -0.15) is 0 Å². The van der Waals surface area contributed by atoms with Gasteiger partial charge in [0.1, 0.15) is 0 Å². The van der Waals surface area contributed by atoms with Crippen LogP contribution in [0.1, 0.15) is 29.9 Å². The van der Waals surface area contributed by atoms with Crippen molar-refractivity contribution in [2.45, 2.75) is 25.7 Å². The molecule has 0 spiro atoms. The van der Waals surface area contributed by atoms with E-state index in [9.17, 15) is 0 Å². The van der Waals surface area contributed by atoms with Crippen molar-refractivity contribution in [1.82, 2.24) is 5.32 Å². The largest absolute Gasteiger partial charge is 0.378 e. The summed E-state index contributed by atoms with van der Waals surface area (Å²) in [5.41, 5.74) is 4.32. The van der Waals surface area contributed by atoms with Gasteiger partial charge in [-0.1, -0.05) is 12.1 Å². The lowest BCUT2D eigenvalue weighted by molar-refractivity contribution is 0.122. The lowest BCUT2D eigenvalue weighted by atomic mass is 9.89. The van der Waals surface area contributed by atoms with Gasteiger partial charge in [0.15, 0.2) is 0 Å². The molecule has 2 heterocycles. The maximum atomic E-state index is 5.48. The van der Waals surface area contributed by atoms with Crippen LogP contribution in [0.3, 0.4) is 0 Å². The quantitative estimate of drug-likeness (QED) is 0.883. The van der Waals surface area contributed by atoms with Crippen LogP contribution in [-0.4, -0.2) is 39.4 Å². The number of ether oxygens (including phenoxy) is 1. The Balaban J connectivity index is 1.88. The van der Waals surface area contributed by atoms with Crippen LogP contribution < -0.4 is 10.2 Å². The third-order valence-electron chi connectivity index (χ3n) is 4.27. The Labute approximate surface area is 115 Å². The SMILES string of the molecule is Cc1ccc(C2CCCNC2)c(N2CCOCC2)c1. The molecule has 2 fully saturated rings. The van der Waals surface area contributed by atoms with Gasteiger partial charge in [-0.05, 0) is 49.4 Å². The van der Waals surface area contributed by atoms with Gasteiger partial charge in [-0.15, -0.1) is 0 Å². The van der Waals surface area contributed by atoms with Crippen LogP contribution in [-0.2, 0) is 4.74 Å².